The predicted molar refractivity (Wildman–Crippen MR) is 74.0 cm³/mol. The average Bonchev–Trinajstić information content (AvgIpc) is 2.46. The first kappa shape index (κ1) is 12.9. The SMILES string of the molecule is O=CC1OCc2ccc(Cl)cc2N1N1CCCCC1. The number of ether oxygens (including phenoxy) is 1. The van der Waals surface area contributed by atoms with Gasteiger partial charge >= 0.3 is 0 Å². The Kier molecular flexibility index (Phi) is 3.73. The molecule has 2 heterocycles. The lowest BCUT2D eigenvalue weighted by atomic mass is 10.1. The highest BCUT2D eigenvalue weighted by molar-refractivity contribution is 6.30. The van der Waals surface area contributed by atoms with Gasteiger partial charge in [-0.15, -0.1) is 0 Å². The number of piperidine rings is 1. The van der Waals surface area contributed by atoms with Crippen molar-refractivity contribution in [3.63, 3.8) is 0 Å². The molecule has 4 nitrogen and oxygen atoms in total. The molecule has 0 aromatic heterocycles. The standard InChI is InChI=1S/C14H17ClN2O2/c15-12-5-4-11-10-19-14(9-18)17(13(11)8-12)16-6-2-1-3-7-16/h4-5,8-9,14H,1-3,6-7,10H2. The molecule has 2 aliphatic rings. The second kappa shape index (κ2) is 5.49. The van der Waals surface area contributed by atoms with Gasteiger partial charge in [-0.1, -0.05) is 24.1 Å². The van der Waals surface area contributed by atoms with Crippen LogP contribution < -0.4 is 5.01 Å². The highest BCUT2D eigenvalue weighted by Gasteiger charge is 2.32. The molecule has 0 amide bonds. The second-order valence-corrected chi connectivity index (χ2v) is 5.41. The van der Waals surface area contributed by atoms with E-state index >= 15 is 0 Å². The zero-order valence-electron chi connectivity index (χ0n) is 10.7. The number of aldehydes is 1. The maximum atomic E-state index is 11.3. The minimum Gasteiger partial charge on any atom is -0.345 e. The van der Waals surface area contributed by atoms with Crippen LogP contribution in [-0.4, -0.2) is 30.6 Å². The van der Waals surface area contributed by atoms with Gasteiger partial charge in [-0.25, -0.2) is 5.01 Å². The number of halogens is 1. The summed E-state index contributed by atoms with van der Waals surface area (Å²) in [4.78, 5) is 11.3. The number of rotatable bonds is 2. The van der Waals surface area contributed by atoms with Gasteiger partial charge in [-0.3, -0.25) is 9.80 Å². The summed E-state index contributed by atoms with van der Waals surface area (Å²) in [6.07, 6.45) is 3.87. The van der Waals surface area contributed by atoms with E-state index in [-0.39, 0.29) is 0 Å². The molecular weight excluding hydrogens is 264 g/mol. The highest BCUT2D eigenvalue weighted by atomic mass is 35.5. The Morgan fingerprint density at radius 2 is 2.05 bits per heavy atom. The van der Waals surface area contributed by atoms with Crippen LogP contribution in [0.15, 0.2) is 18.2 Å². The van der Waals surface area contributed by atoms with E-state index in [1.54, 1.807) is 0 Å². The van der Waals surface area contributed by atoms with Crippen LogP contribution in [0.3, 0.4) is 0 Å². The molecule has 1 aromatic rings. The van der Waals surface area contributed by atoms with Crippen LogP contribution in [0.2, 0.25) is 5.02 Å². The van der Waals surface area contributed by atoms with Crippen LogP contribution in [0.25, 0.3) is 0 Å². The number of nitrogens with zero attached hydrogens (tertiary/aromatic N) is 2. The summed E-state index contributed by atoms with van der Waals surface area (Å²) in [7, 11) is 0. The number of benzene rings is 1. The molecule has 5 heteroatoms. The van der Waals surface area contributed by atoms with E-state index in [1.807, 2.05) is 23.2 Å². The third-order valence-electron chi connectivity index (χ3n) is 3.70. The molecule has 0 N–H and O–H groups in total. The fraction of sp³-hybridized carbons (Fsp3) is 0.500. The molecule has 3 rings (SSSR count). The molecule has 0 radical (unpaired) electrons. The minimum atomic E-state index is -0.538. The van der Waals surface area contributed by atoms with Crippen LogP contribution in [0, 0.1) is 0 Å². The lowest BCUT2D eigenvalue weighted by Gasteiger charge is -2.44. The second-order valence-electron chi connectivity index (χ2n) is 4.97. The number of carbonyl (C=O) groups is 1. The van der Waals surface area contributed by atoms with Gasteiger partial charge in [-0.2, -0.15) is 0 Å². The Labute approximate surface area is 117 Å². The summed E-state index contributed by atoms with van der Waals surface area (Å²) in [6, 6.07) is 5.75. The molecule has 1 atom stereocenters. The molecule has 2 aliphatic heterocycles. The average molecular weight is 281 g/mol. The van der Waals surface area contributed by atoms with Gasteiger partial charge in [0.25, 0.3) is 0 Å². The van der Waals surface area contributed by atoms with Crippen LogP contribution in [-0.2, 0) is 16.1 Å². The molecule has 19 heavy (non-hydrogen) atoms. The Hall–Kier alpha value is -1.10. The summed E-state index contributed by atoms with van der Waals surface area (Å²) in [6.45, 7) is 2.37. The zero-order valence-corrected chi connectivity index (χ0v) is 11.5. The van der Waals surface area contributed by atoms with Crippen LogP contribution in [0.4, 0.5) is 5.69 Å². The number of hydrazine groups is 1. The van der Waals surface area contributed by atoms with E-state index in [0.717, 1.165) is 43.5 Å². The summed E-state index contributed by atoms with van der Waals surface area (Å²) >= 11 is 6.10. The maximum Gasteiger partial charge on any atom is 0.200 e. The summed E-state index contributed by atoms with van der Waals surface area (Å²) in [5, 5.41) is 4.86. The van der Waals surface area contributed by atoms with Crippen molar-refractivity contribution in [2.45, 2.75) is 32.1 Å². The Morgan fingerprint density at radius 3 is 2.79 bits per heavy atom. The normalized spacial score (nSPS) is 24.1. The van der Waals surface area contributed by atoms with Gasteiger partial charge < -0.3 is 4.74 Å². The van der Waals surface area contributed by atoms with Gasteiger partial charge in [-0.05, 0) is 25.0 Å². The lowest BCUT2D eigenvalue weighted by Crippen LogP contribution is -2.54. The summed E-state index contributed by atoms with van der Waals surface area (Å²) in [5.41, 5.74) is 2.07. The van der Waals surface area contributed by atoms with Crippen molar-refractivity contribution in [3.05, 3.63) is 28.8 Å². The lowest BCUT2D eigenvalue weighted by molar-refractivity contribution is -0.122. The van der Waals surface area contributed by atoms with Crippen molar-refractivity contribution in [2.24, 2.45) is 0 Å². The first-order chi connectivity index (χ1) is 9.29. The smallest absolute Gasteiger partial charge is 0.200 e. The summed E-state index contributed by atoms with van der Waals surface area (Å²) in [5.74, 6) is 0. The molecule has 0 saturated carbocycles. The molecule has 1 fully saturated rings. The molecule has 0 bridgehead atoms. The monoisotopic (exact) mass is 280 g/mol. The Balaban J connectivity index is 1.98. The fourth-order valence-electron chi connectivity index (χ4n) is 2.76. The maximum absolute atomic E-state index is 11.3. The first-order valence-corrected chi connectivity index (χ1v) is 7.07. The van der Waals surface area contributed by atoms with Crippen LogP contribution >= 0.6 is 11.6 Å². The third-order valence-corrected chi connectivity index (χ3v) is 3.93. The number of fused-ring (bicyclic) bond motifs is 1. The van der Waals surface area contributed by atoms with E-state index in [9.17, 15) is 4.79 Å². The van der Waals surface area contributed by atoms with E-state index in [1.165, 1.54) is 6.42 Å². The quantitative estimate of drug-likeness (QED) is 0.780. The molecular formula is C14H17ClN2O2. The van der Waals surface area contributed by atoms with Gasteiger partial charge in [0.1, 0.15) is 0 Å². The molecule has 102 valence electrons. The van der Waals surface area contributed by atoms with Gasteiger partial charge in [0.2, 0.25) is 6.23 Å². The molecule has 1 aromatic carbocycles. The predicted octanol–water partition coefficient (Wildman–Crippen LogP) is 2.60. The van der Waals surface area contributed by atoms with Crippen molar-refractivity contribution >= 4 is 23.6 Å². The largest absolute Gasteiger partial charge is 0.345 e. The van der Waals surface area contributed by atoms with Gasteiger partial charge in [0.05, 0.1) is 12.3 Å². The van der Waals surface area contributed by atoms with Crippen molar-refractivity contribution in [1.82, 2.24) is 5.01 Å². The minimum absolute atomic E-state index is 0.459. The Morgan fingerprint density at radius 1 is 1.26 bits per heavy atom. The number of hydrogen-bond donors (Lipinski definition) is 0. The zero-order chi connectivity index (χ0) is 13.2. The Bertz CT molecular complexity index is 475. The topological polar surface area (TPSA) is 32.8 Å². The van der Waals surface area contributed by atoms with Crippen LogP contribution in [0.5, 0.6) is 0 Å². The van der Waals surface area contributed by atoms with Crippen molar-refractivity contribution in [2.75, 3.05) is 18.1 Å². The number of carbonyl (C=O) groups excluding carboxylic acids is 1. The third kappa shape index (κ3) is 2.48. The van der Waals surface area contributed by atoms with Crippen LogP contribution in [0.1, 0.15) is 24.8 Å². The van der Waals surface area contributed by atoms with E-state index in [4.69, 9.17) is 16.3 Å². The van der Waals surface area contributed by atoms with Crippen molar-refractivity contribution in [3.8, 4) is 0 Å². The van der Waals surface area contributed by atoms with Crippen molar-refractivity contribution < 1.29 is 9.53 Å². The van der Waals surface area contributed by atoms with E-state index in [0.29, 0.717) is 11.6 Å². The first-order valence-electron chi connectivity index (χ1n) is 6.69. The number of hydrogen-bond acceptors (Lipinski definition) is 4. The molecule has 1 unspecified atom stereocenters. The highest BCUT2D eigenvalue weighted by Crippen LogP contribution is 2.33. The van der Waals surface area contributed by atoms with E-state index in [2.05, 4.69) is 5.01 Å². The van der Waals surface area contributed by atoms with Crippen molar-refractivity contribution in [1.29, 1.82) is 0 Å². The van der Waals surface area contributed by atoms with Gasteiger partial charge in [0, 0.05) is 23.7 Å². The molecule has 1 saturated heterocycles. The number of anilines is 1. The van der Waals surface area contributed by atoms with Gasteiger partial charge in [0.15, 0.2) is 6.29 Å². The fourth-order valence-corrected chi connectivity index (χ4v) is 2.92. The summed E-state index contributed by atoms with van der Waals surface area (Å²) < 4.78 is 5.63. The molecule has 0 aliphatic carbocycles. The van der Waals surface area contributed by atoms with E-state index < -0.39 is 6.23 Å². The molecule has 0 spiro atoms.